The highest BCUT2D eigenvalue weighted by Crippen LogP contribution is 2.44. The van der Waals surface area contributed by atoms with Crippen molar-refractivity contribution >= 4 is 0 Å². The van der Waals surface area contributed by atoms with Crippen LogP contribution in [0.25, 0.3) is 0 Å². The lowest BCUT2D eigenvalue weighted by atomic mass is 9.67. The van der Waals surface area contributed by atoms with Crippen molar-refractivity contribution in [3.63, 3.8) is 0 Å². The van der Waals surface area contributed by atoms with Gasteiger partial charge in [0.15, 0.2) is 0 Å². The molecule has 0 saturated heterocycles. The summed E-state index contributed by atoms with van der Waals surface area (Å²) in [7, 11) is 0. The van der Waals surface area contributed by atoms with Crippen molar-refractivity contribution in [2.75, 3.05) is 0 Å². The van der Waals surface area contributed by atoms with Gasteiger partial charge in [0.2, 0.25) is 0 Å². The summed E-state index contributed by atoms with van der Waals surface area (Å²) < 4.78 is 0. The highest BCUT2D eigenvalue weighted by Gasteiger charge is 2.31. The molecule has 2 unspecified atom stereocenters. The predicted octanol–water partition coefficient (Wildman–Crippen LogP) is 3.70. The number of hydrogen-bond acceptors (Lipinski definition) is 0. The van der Waals surface area contributed by atoms with Crippen LogP contribution in [0.5, 0.6) is 0 Å². The minimum atomic E-state index is 0.562. The van der Waals surface area contributed by atoms with E-state index < -0.39 is 0 Å². The van der Waals surface area contributed by atoms with E-state index in [1.54, 1.807) is 0 Å². The first-order chi connectivity index (χ1) is 5.81. The van der Waals surface area contributed by atoms with E-state index in [4.69, 9.17) is 0 Å². The van der Waals surface area contributed by atoms with Crippen LogP contribution in [0.1, 0.15) is 39.0 Å². The maximum Gasteiger partial charge on any atom is -0.00780 e. The van der Waals surface area contributed by atoms with Gasteiger partial charge in [0.1, 0.15) is 0 Å². The lowest BCUT2D eigenvalue weighted by molar-refractivity contribution is 0.203. The second-order valence-corrected chi connectivity index (χ2v) is 4.56. The van der Waals surface area contributed by atoms with E-state index in [0.717, 1.165) is 5.92 Å². The largest absolute Gasteiger partial charge is 0.0837 e. The topological polar surface area (TPSA) is 0 Å². The standard InChI is InChI=1S/C12H18/c1-11-6-5-9-12(10-11)7-3-2-4-8-12/h2-4,7,11H,5-6,8-10H2,1H3. The Labute approximate surface area is 75.4 Å². The van der Waals surface area contributed by atoms with Crippen LogP contribution >= 0.6 is 0 Å². The summed E-state index contributed by atoms with van der Waals surface area (Å²) in [6.07, 6.45) is 16.2. The minimum Gasteiger partial charge on any atom is -0.0837 e. The second-order valence-electron chi connectivity index (χ2n) is 4.56. The molecule has 0 aliphatic heterocycles. The lowest BCUT2D eigenvalue weighted by Crippen LogP contribution is -2.26. The third-order valence-electron chi connectivity index (χ3n) is 3.35. The van der Waals surface area contributed by atoms with Gasteiger partial charge in [-0.3, -0.25) is 0 Å². The van der Waals surface area contributed by atoms with E-state index in [9.17, 15) is 0 Å². The molecule has 2 rings (SSSR count). The molecule has 0 aromatic heterocycles. The van der Waals surface area contributed by atoms with Crippen LogP contribution < -0.4 is 0 Å². The molecule has 2 aliphatic rings. The summed E-state index contributed by atoms with van der Waals surface area (Å²) in [5, 5.41) is 0. The molecule has 66 valence electrons. The Hall–Kier alpha value is -0.520. The molecule has 0 amide bonds. The Morgan fingerprint density at radius 2 is 2.25 bits per heavy atom. The first-order valence-electron chi connectivity index (χ1n) is 5.15. The molecule has 0 aromatic rings. The average Bonchev–Trinajstić information content (AvgIpc) is 2.05. The molecule has 0 heterocycles. The first kappa shape index (κ1) is 8.10. The lowest BCUT2D eigenvalue weighted by Gasteiger charge is -2.38. The number of hydrogen-bond donors (Lipinski definition) is 0. The molecular weight excluding hydrogens is 144 g/mol. The van der Waals surface area contributed by atoms with Crippen molar-refractivity contribution in [1.82, 2.24) is 0 Å². The fraction of sp³-hybridized carbons (Fsp3) is 0.667. The zero-order chi connectivity index (χ0) is 8.44. The molecule has 2 aliphatic carbocycles. The molecule has 2 atom stereocenters. The molecule has 0 aromatic carbocycles. The summed E-state index contributed by atoms with van der Waals surface area (Å²) in [5.41, 5.74) is 0.562. The van der Waals surface area contributed by atoms with Crippen molar-refractivity contribution in [2.45, 2.75) is 39.0 Å². The summed E-state index contributed by atoms with van der Waals surface area (Å²) in [6.45, 7) is 2.40. The predicted molar refractivity (Wildman–Crippen MR) is 53.0 cm³/mol. The van der Waals surface area contributed by atoms with E-state index in [1.165, 1.54) is 32.1 Å². The Morgan fingerprint density at radius 3 is 2.92 bits per heavy atom. The number of rotatable bonds is 0. The van der Waals surface area contributed by atoms with Gasteiger partial charge in [0.05, 0.1) is 0 Å². The highest BCUT2D eigenvalue weighted by atomic mass is 14.4. The Kier molecular flexibility index (Phi) is 2.08. The van der Waals surface area contributed by atoms with Crippen molar-refractivity contribution in [3.8, 4) is 0 Å². The SMILES string of the molecule is CC1CCCC2(C=CC=CC2)C1. The van der Waals surface area contributed by atoms with Crippen molar-refractivity contribution in [3.05, 3.63) is 24.3 Å². The van der Waals surface area contributed by atoms with E-state index >= 15 is 0 Å². The molecule has 1 fully saturated rings. The van der Waals surface area contributed by atoms with Gasteiger partial charge in [-0.2, -0.15) is 0 Å². The summed E-state index contributed by atoms with van der Waals surface area (Å²) in [4.78, 5) is 0. The molecule has 0 nitrogen and oxygen atoms in total. The van der Waals surface area contributed by atoms with E-state index in [2.05, 4.69) is 31.2 Å². The smallest absolute Gasteiger partial charge is 0.00780 e. The Bertz CT molecular complexity index is 212. The first-order valence-corrected chi connectivity index (χ1v) is 5.15. The van der Waals surface area contributed by atoms with Gasteiger partial charge < -0.3 is 0 Å². The second kappa shape index (κ2) is 3.08. The van der Waals surface area contributed by atoms with Crippen molar-refractivity contribution < 1.29 is 0 Å². The van der Waals surface area contributed by atoms with Gasteiger partial charge in [-0.25, -0.2) is 0 Å². The van der Waals surface area contributed by atoms with Gasteiger partial charge in [-0.05, 0) is 30.6 Å². The zero-order valence-corrected chi connectivity index (χ0v) is 7.92. The maximum absolute atomic E-state index is 2.45. The Morgan fingerprint density at radius 1 is 1.33 bits per heavy atom. The van der Waals surface area contributed by atoms with Crippen LogP contribution in [-0.2, 0) is 0 Å². The van der Waals surface area contributed by atoms with Crippen LogP contribution in [0.15, 0.2) is 24.3 Å². The van der Waals surface area contributed by atoms with Crippen molar-refractivity contribution in [1.29, 1.82) is 0 Å². The van der Waals surface area contributed by atoms with Crippen LogP contribution in [0.4, 0.5) is 0 Å². The fourth-order valence-electron chi connectivity index (χ4n) is 2.75. The highest BCUT2D eigenvalue weighted by molar-refractivity contribution is 5.17. The third-order valence-corrected chi connectivity index (χ3v) is 3.35. The zero-order valence-electron chi connectivity index (χ0n) is 7.92. The van der Waals surface area contributed by atoms with Gasteiger partial charge in [-0.1, -0.05) is 44.1 Å². The average molecular weight is 162 g/mol. The molecule has 0 heteroatoms. The summed E-state index contributed by atoms with van der Waals surface area (Å²) in [6, 6.07) is 0. The van der Waals surface area contributed by atoms with E-state index in [1.807, 2.05) is 0 Å². The maximum atomic E-state index is 2.45. The molecule has 0 N–H and O–H groups in total. The molecule has 1 saturated carbocycles. The molecule has 0 bridgehead atoms. The van der Waals surface area contributed by atoms with Crippen LogP contribution in [0, 0.1) is 11.3 Å². The van der Waals surface area contributed by atoms with Gasteiger partial charge >= 0.3 is 0 Å². The Balaban J connectivity index is 2.09. The minimum absolute atomic E-state index is 0.562. The molecular formula is C12H18. The fourth-order valence-corrected chi connectivity index (χ4v) is 2.75. The van der Waals surface area contributed by atoms with E-state index in [0.29, 0.717) is 5.41 Å². The summed E-state index contributed by atoms with van der Waals surface area (Å²) in [5.74, 6) is 0.940. The monoisotopic (exact) mass is 162 g/mol. The van der Waals surface area contributed by atoms with Gasteiger partial charge in [0, 0.05) is 0 Å². The van der Waals surface area contributed by atoms with Crippen LogP contribution in [0.2, 0.25) is 0 Å². The van der Waals surface area contributed by atoms with Gasteiger partial charge in [-0.15, -0.1) is 0 Å². The van der Waals surface area contributed by atoms with Gasteiger partial charge in [0.25, 0.3) is 0 Å². The third kappa shape index (κ3) is 1.48. The van der Waals surface area contributed by atoms with Crippen LogP contribution in [0.3, 0.4) is 0 Å². The molecule has 0 radical (unpaired) electrons. The summed E-state index contributed by atoms with van der Waals surface area (Å²) >= 11 is 0. The normalized spacial score (nSPS) is 40.6. The van der Waals surface area contributed by atoms with Crippen LogP contribution in [-0.4, -0.2) is 0 Å². The molecule has 1 spiro atoms. The quantitative estimate of drug-likeness (QED) is 0.509. The van der Waals surface area contributed by atoms with E-state index in [-0.39, 0.29) is 0 Å². The number of allylic oxidation sites excluding steroid dienone is 4. The van der Waals surface area contributed by atoms with Crippen molar-refractivity contribution in [2.24, 2.45) is 11.3 Å². The molecule has 12 heavy (non-hydrogen) atoms.